The lowest BCUT2D eigenvalue weighted by atomic mass is 10.3. The van der Waals surface area contributed by atoms with Crippen molar-refractivity contribution in [2.75, 3.05) is 12.5 Å². The van der Waals surface area contributed by atoms with Crippen LogP contribution in [0.1, 0.15) is 13.8 Å². The SMILES string of the molecule is COc1ccc(N/N=C(/NC(C)=O)C(C)=O)cc1. The molecule has 1 amide bonds. The average molecular weight is 249 g/mol. The largest absolute Gasteiger partial charge is 0.497 e. The number of anilines is 1. The van der Waals surface area contributed by atoms with Crippen molar-refractivity contribution in [2.24, 2.45) is 5.10 Å². The number of ether oxygens (including phenoxy) is 1. The molecule has 0 bridgehead atoms. The van der Waals surface area contributed by atoms with Gasteiger partial charge in [0.05, 0.1) is 12.8 Å². The number of carbonyl (C=O) groups is 2. The molecule has 1 aromatic carbocycles. The van der Waals surface area contributed by atoms with Crippen LogP contribution in [0.15, 0.2) is 29.4 Å². The maximum Gasteiger partial charge on any atom is 0.222 e. The van der Waals surface area contributed by atoms with Gasteiger partial charge in [0.25, 0.3) is 0 Å². The molecule has 0 saturated carbocycles. The number of hydrogen-bond acceptors (Lipinski definition) is 5. The van der Waals surface area contributed by atoms with Crippen LogP contribution in [0.3, 0.4) is 0 Å². The molecule has 0 aromatic heterocycles. The summed E-state index contributed by atoms with van der Waals surface area (Å²) in [6.45, 7) is 2.64. The fraction of sp³-hybridized carbons (Fsp3) is 0.250. The van der Waals surface area contributed by atoms with Crippen molar-refractivity contribution in [2.45, 2.75) is 13.8 Å². The molecule has 0 atom stereocenters. The Morgan fingerprint density at radius 2 is 1.78 bits per heavy atom. The van der Waals surface area contributed by atoms with Crippen molar-refractivity contribution in [1.29, 1.82) is 0 Å². The summed E-state index contributed by atoms with van der Waals surface area (Å²) in [6.07, 6.45) is 0. The highest BCUT2D eigenvalue weighted by atomic mass is 16.5. The minimum absolute atomic E-state index is 0.0293. The number of methoxy groups -OCH3 is 1. The number of nitrogens with one attached hydrogen (secondary N) is 2. The third kappa shape index (κ3) is 4.25. The molecule has 0 heterocycles. The van der Waals surface area contributed by atoms with E-state index in [1.807, 2.05) is 0 Å². The van der Waals surface area contributed by atoms with E-state index in [-0.39, 0.29) is 17.5 Å². The molecular formula is C12H15N3O3. The number of rotatable bonds is 4. The maximum absolute atomic E-state index is 11.2. The summed E-state index contributed by atoms with van der Waals surface area (Å²) in [4.78, 5) is 22.1. The van der Waals surface area contributed by atoms with Gasteiger partial charge in [-0.25, -0.2) is 0 Å². The van der Waals surface area contributed by atoms with Gasteiger partial charge in [-0.1, -0.05) is 0 Å². The Morgan fingerprint density at radius 3 is 2.22 bits per heavy atom. The summed E-state index contributed by atoms with van der Waals surface area (Å²) in [5.74, 6) is 0.0168. The molecule has 0 radical (unpaired) electrons. The Bertz CT molecular complexity index is 466. The molecule has 6 nitrogen and oxygen atoms in total. The Labute approximate surface area is 105 Å². The smallest absolute Gasteiger partial charge is 0.222 e. The van der Waals surface area contributed by atoms with E-state index in [9.17, 15) is 9.59 Å². The molecule has 2 N–H and O–H groups in total. The van der Waals surface area contributed by atoms with Crippen molar-refractivity contribution >= 4 is 23.2 Å². The number of carbonyl (C=O) groups excluding carboxylic acids is 2. The predicted molar refractivity (Wildman–Crippen MR) is 68.5 cm³/mol. The Balaban J connectivity index is 2.74. The first-order valence-electron chi connectivity index (χ1n) is 5.29. The highest BCUT2D eigenvalue weighted by molar-refractivity contribution is 6.40. The van der Waals surface area contributed by atoms with Crippen molar-refractivity contribution in [1.82, 2.24) is 5.32 Å². The van der Waals surface area contributed by atoms with E-state index >= 15 is 0 Å². The van der Waals surface area contributed by atoms with Gasteiger partial charge in [-0.3, -0.25) is 15.0 Å². The topological polar surface area (TPSA) is 79.8 Å². The molecule has 0 aliphatic heterocycles. The van der Waals surface area contributed by atoms with Crippen LogP contribution in [0.4, 0.5) is 5.69 Å². The van der Waals surface area contributed by atoms with E-state index in [2.05, 4.69) is 15.8 Å². The second-order valence-electron chi connectivity index (χ2n) is 3.54. The molecule has 0 unspecified atom stereocenters. The molecule has 6 heteroatoms. The minimum Gasteiger partial charge on any atom is -0.497 e. The summed E-state index contributed by atoms with van der Waals surface area (Å²) in [5, 5.41) is 6.18. The monoisotopic (exact) mass is 249 g/mol. The van der Waals surface area contributed by atoms with Gasteiger partial charge in [0.1, 0.15) is 5.75 Å². The molecule has 0 aliphatic rings. The molecule has 0 aliphatic carbocycles. The van der Waals surface area contributed by atoms with Crippen LogP contribution in [-0.4, -0.2) is 24.6 Å². The standard InChI is InChI=1S/C12H15N3O3/c1-8(16)12(13-9(2)17)15-14-10-4-6-11(18-3)7-5-10/h4-7,14H,1-3H3,(H,13,15,17). The number of ketones is 1. The zero-order valence-corrected chi connectivity index (χ0v) is 10.5. The van der Waals surface area contributed by atoms with Crippen LogP contribution in [0, 0.1) is 0 Å². The van der Waals surface area contributed by atoms with Gasteiger partial charge in [0, 0.05) is 13.8 Å². The lowest BCUT2D eigenvalue weighted by Gasteiger charge is -2.05. The quantitative estimate of drug-likeness (QED) is 0.476. The number of Topliss-reactive ketones (excluding diaryl/α,β-unsaturated/α-hetero) is 1. The van der Waals surface area contributed by atoms with Crippen molar-refractivity contribution < 1.29 is 14.3 Å². The second kappa shape index (κ2) is 6.39. The van der Waals surface area contributed by atoms with Crippen LogP contribution in [0.2, 0.25) is 0 Å². The van der Waals surface area contributed by atoms with E-state index < -0.39 is 0 Å². The van der Waals surface area contributed by atoms with E-state index in [0.29, 0.717) is 5.69 Å². The van der Waals surface area contributed by atoms with Gasteiger partial charge < -0.3 is 10.1 Å². The fourth-order valence-electron chi connectivity index (χ4n) is 1.15. The third-order valence-corrected chi connectivity index (χ3v) is 2.01. The minimum atomic E-state index is -0.347. The first kappa shape index (κ1) is 13.7. The zero-order chi connectivity index (χ0) is 13.5. The van der Waals surface area contributed by atoms with Gasteiger partial charge in [-0.15, -0.1) is 0 Å². The fourth-order valence-corrected chi connectivity index (χ4v) is 1.15. The van der Waals surface area contributed by atoms with E-state index in [4.69, 9.17) is 4.74 Å². The van der Waals surface area contributed by atoms with Gasteiger partial charge in [-0.2, -0.15) is 5.10 Å². The molecule has 0 saturated heterocycles. The first-order valence-corrected chi connectivity index (χ1v) is 5.29. The summed E-state index contributed by atoms with van der Waals surface area (Å²) in [5.41, 5.74) is 3.36. The van der Waals surface area contributed by atoms with Crippen LogP contribution < -0.4 is 15.5 Å². The van der Waals surface area contributed by atoms with Gasteiger partial charge >= 0.3 is 0 Å². The Hall–Kier alpha value is -2.37. The Morgan fingerprint density at radius 1 is 1.17 bits per heavy atom. The number of nitrogens with zero attached hydrogens (tertiary/aromatic N) is 1. The van der Waals surface area contributed by atoms with Crippen molar-refractivity contribution in [3.63, 3.8) is 0 Å². The number of amides is 1. The molecule has 0 spiro atoms. The Kier molecular flexibility index (Phi) is 4.86. The normalized spacial score (nSPS) is 10.7. The molecule has 1 rings (SSSR count). The zero-order valence-electron chi connectivity index (χ0n) is 10.5. The van der Waals surface area contributed by atoms with Crippen molar-refractivity contribution in [3.8, 4) is 5.75 Å². The van der Waals surface area contributed by atoms with Crippen LogP contribution >= 0.6 is 0 Å². The summed E-state index contributed by atoms with van der Waals surface area (Å²) < 4.78 is 5.01. The summed E-state index contributed by atoms with van der Waals surface area (Å²) in [6, 6.07) is 7.00. The van der Waals surface area contributed by atoms with E-state index in [1.54, 1.807) is 31.4 Å². The number of hydrazone groups is 1. The lowest BCUT2D eigenvalue weighted by molar-refractivity contribution is -0.118. The molecule has 0 fully saturated rings. The maximum atomic E-state index is 11.2. The molecular weight excluding hydrogens is 234 g/mol. The van der Waals surface area contributed by atoms with Crippen LogP contribution in [-0.2, 0) is 9.59 Å². The van der Waals surface area contributed by atoms with Gasteiger partial charge in [-0.05, 0) is 24.3 Å². The van der Waals surface area contributed by atoms with E-state index in [1.165, 1.54) is 13.8 Å². The number of benzene rings is 1. The van der Waals surface area contributed by atoms with Crippen molar-refractivity contribution in [3.05, 3.63) is 24.3 Å². The number of hydrogen-bond donors (Lipinski definition) is 2. The molecule has 96 valence electrons. The first-order chi connectivity index (χ1) is 8.52. The molecule has 1 aromatic rings. The van der Waals surface area contributed by atoms with E-state index in [0.717, 1.165) is 5.75 Å². The average Bonchev–Trinajstić information content (AvgIpc) is 2.34. The molecule has 18 heavy (non-hydrogen) atoms. The van der Waals surface area contributed by atoms with Crippen LogP contribution in [0.5, 0.6) is 5.75 Å². The number of amidine groups is 1. The summed E-state index contributed by atoms with van der Waals surface area (Å²) >= 11 is 0. The van der Waals surface area contributed by atoms with Gasteiger partial charge in [0.2, 0.25) is 5.91 Å². The lowest BCUT2D eigenvalue weighted by Crippen LogP contribution is -2.34. The highest BCUT2D eigenvalue weighted by Gasteiger charge is 2.07. The van der Waals surface area contributed by atoms with Crippen LogP contribution in [0.25, 0.3) is 0 Å². The predicted octanol–water partition coefficient (Wildman–Crippen LogP) is 1.15. The highest BCUT2D eigenvalue weighted by Crippen LogP contribution is 2.14. The summed E-state index contributed by atoms with van der Waals surface area (Å²) in [7, 11) is 1.57. The second-order valence-corrected chi connectivity index (χ2v) is 3.54. The third-order valence-electron chi connectivity index (χ3n) is 2.01. The van der Waals surface area contributed by atoms with Gasteiger partial charge in [0.15, 0.2) is 11.6 Å².